The molecule has 7 heteroatoms. The molecule has 1 atom stereocenters. The summed E-state index contributed by atoms with van der Waals surface area (Å²) < 4.78 is 11.4. The first-order valence-corrected chi connectivity index (χ1v) is 9.41. The molecule has 0 saturated carbocycles. The van der Waals surface area contributed by atoms with Crippen LogP contribution in [0.2, 0.25) is 0 Å². The summed E-state index contributed by atoms with van der Waals surface area (Å²) in [5, 5.41) is 23.8. The predicted octanol–water partition coefficient (Wildman–Crippen LogP) is 2.29. The Morgan fingerprint density at radius 2 is 1.93 bits per heavy atom. The molecular formula is C23H24N5O2+. The maximum absolute atomic E-state index is 9.28. The molecule has 30 heavy (non-hydrogen) atoms. The Morgan fingerprint density at radius 1 is 1.17 bits per heavy atom. The lowest BCUT2D eigenvalue weighted by molar-refractivity contribution is -0.111. The highest BCUT2D eigenvalue weighted by Gasteiger charge is 2.19. The normalized spacial score (nSPS) is 11.4. The van der Waals surface area contributed by atoms with Crippen LogP contribution in [0.25, 0.3) is 0 Å². The van der Waals surface area contributed by atoms with E-state index in [9.17, 15) is 5.26 Å². The highest BCUT2D eigenvalue weighted by atomic mass is 16.5. The molecule has 0 aliphatic heterocycles. The van der Waals surface area contributed by atoms with Crippen LogP contribution in [0.5, 0.6) is 11.5 Å². The molecule has 0 amide bonds. The molecular weight excluding hydrogens is 378 g/mol. The molecule has 152 valence electrons. The van der Waals surface area contributed by atoms with E-state index in [1.54, 1.807) is 49.7 Å². The molecule has 0 radical (unpaired) electrons. The molecule has 1 aromatic heterocycles. The van der Waals surface area contributed by atoms with Gasteiger partial charge in [-0.05, 0) is 62.7 Å². The average Bonchev–Trinajstić information content (AvgIpc) is 2.74. The summed E-state index contributed by atoms with van der Waals surface area (Å²) in [5.41, 5.74) is 11.7. The van der Waals surface area contributed by atoms with Crippen molar-refractivity contribution < 1.29 is 14.9 Å². The Morgan fingerprint density at radius 3 is 2.60 bits per heavy atom. The first kappa shape index (κ1) is 20.8. The minimum atomic E-state index is -0.236. The van der Waals surface area contributed by atoms with E-state index in [0.29, 0.717) is 39.6 Å². The zero-order valence-electron chi connectivity index (χ0n) is 17.4. The van der Waals surface area contributed by atoms with Gasteiger partial charge in [0.05, 0.1) is 41.8 Å². The number of nitrogen functional groups attached to an aromatic ring is 1. The highest BCUT2D eigenvalue weighted by Crippen LogP contribution is 2.29. The first-order valence-electron chi connectivity index (χ1n) is 9.41. The van der Waals surface area contributed by atoms with E-state index < -0.39 is 0 Å². The van der Waals surface area contributed by atoms with Gasteiger partial charge in [0.15, 0.2) is 0 Å². The van der Waals surface area contributed by atoms with Crippen LogP contribution < -0.4 is 20.6 Å². The van der Waals surface area contributed by atoms with Gasteiger partial charge in [0, 0.05) is 11.3 Å². The number of benzene rings is 2. The molecule has 4 N–H and O–H groups in total. The lowest BCUT2D eigenvalue weighted by Crippen LogP contribution is -2.41. The van der Waals surface area contributed by atoms with Crippen molar-refractivity contribution in [3.8, 4) is 17.6 Å². The number of aromatic nitrogens is 2. The lowest BCUT2D eigenvalue weighted by Gasteiger charge is -2.19. The van der Waals surface area contributed by atoms with E-state index in [2.05, 4.69) is 16.3 Å². The number of ether oxygens (including phenoxy) is 2. The van der Waals surface area contributed by atoms with Crippen molar-refractivity contribution in [1.82, 2.24) is 10.2 Å². The molecule has 3 aromatic rings. The van der Waals surface area contributed by atoms with Gasteiger partial charge in [0.2, 0.25) is 5.71 Å². The smallest absolute Gasteiger partial charge is 0.213 e. The predicted molar refractivity (Wildman–Crippen MR) is 114 cm³/mol. The monoisotopic (exact) mass is 402 g/mol. The van der Waals surface area contributed by atoms with Gasteiger partial charge >= 0.3 is 0 Å². The number of hydrogen-bond donors (Lipinski definition) is 2. The van der Waals surface area contributed by atoms with Crippen molar-refractivity contribution in [3.63, 3.8) is 0 Å². The van der Waals surface area contributed by atoms with Crippen molar-refractivity contribution in [2.75, 3.05) is 12.8 Å². The summed E-state index contributed by atoms with van der Waals surface area (Å²) in [7, 11) is 1.54. The summed E-state index contributed by atoms with van der Waals surface area (Å²) in [6.07, 6.45) is 1.48. The number of anilines is 1. The Labute approximate surface area is 175 Å². The molecule has 0 bridgehead atoms. The fourth-order valence-corrected chi connectivity index (χ4v) is 3.42. The van der Waals surface area contributed by atoms with E-state index in [1.807, 2.05) is 20.8 Å². The standard InChI is InChI=1S/C23H23N5O2/c1-13-12-27-28-14(2)22(13)15(3)30-18-5-6-21(25)20(10-18)23(26)17-7-16(11-24)8-19(9-17)29-4/h5-10,12,15,26H,25H2,1-4H3/p+1/t15-/m1/s1. The minimum absolute atomic E-state index is 0.236. The summed E-state index contributed by atoms with van der Waals surface area (Å²) in [6, 6.07) is 12.6. The number of nitriles is 1. The molecule has 7 nitrogen and oxygen atoms in total. The van der Waals surface area contributed by atoms with Gasteiger partial charge in [0.25, 0.3) is 0 Å². The van der Waals surface area contributed by atoms with Gasteiger partial charge in [-0.15, -0.1) is 0 Å². The van der Waals surface area contributed by atoms with Crippen LogP contribution in [0.3, 0.4) is 0 Å². The first-order chi connectivity index (χ1) is 14.3. The third-order valence-corrected chi connectivity index (χ3v) is 4.89. The quantitative estimate of drug-likeness (QED) is 0.482. The Bertz CT molecular complexity index is 1130. The maximum Gasteiger partial charge on any atom is 0.213 e. The number of nitrogens with zero attached hydrogens (tertiary/aromatic N) is 3. The zero-order chi connectivity index (χ0) is 21.8. The topological polar surface area (TPSA) is 120 Å². The molecule has 1 heterocycles. The second kappa shape index (κ2) is 8.62. The largest absolute Gasteiger partial charge is 0.497 e. The van der Waals surface area contributed by atoms with E-state index in [-0.39, 0.29) is 6.10 Å². The fraction of sp³-hybridized carbons (Fsp3) is 0.217. The van der Waals surface area contributed by atoms with Crippen molar-refractivity contribution in [2.24, 2.45) is 0 Å². The van der Waals surface area contributed by atoms with Crippen LogP contribution in [0, 0.1) is 25.2 Å². The van der Waals surface area contributed by atoms with Gasteiger partial charge in [0.1, 0.15) is 17.6 Å². The van der Waals surface area contributed by atoms with Crippen molar-refractivity contribution in [2.45, 2.75) is 26.9 Å². The van der Waals surface area contributed by atoms with Crippen LogP contribution >= 0.6 is 0 Å². The molecule has 3 rings (SSSR count). The van der Waals surface area contributed by atoms with Crippen LogP contribution in [0.4, 0.5) is 5.69 Å². The highest BCUT2D eigenvalue weighted by molar-refractivity contribution is 6.12. The van der Waals surface area contributed by atoms with E-state index >= 15 is 0 Å². The van der Waals surface area contributed by atoms with E-state index in [1.165, 1.54) is 0 Å². The minimum Gasteiger partial charge on any atom is -0.497 e. The number of nitrogens with two attached hydrogens (primary N) is 2. The second-order valence-corrected chi connectivity index (χ2v) is 7.01. The van der Waals surface area contributed by atoms with Crippen molar-refractivity contribution in [1.29, 1.82) is 5.26 Å². The number of aryl methyl sites for hydroxylation is 2. The summed E-state index contributed by atoms with van der Waals surface area (Å²) in [5.74, 6) is 1.16. The third kappa shape index (κ3) is 4.23. The number of hydrogen-bond acceptors (Lipinski definition) is 6. The van der Waals surface area contributed by atoms with Crippen LogP contribution in [0.1, 0.15) is 46.5 Å². The SMILES string of the molecule is COc1cc(C#N)cc(C(=[NH2+])c2cc(O[C@H](C)c3c(C)cnnc3C)ccc2N)c1. The van der Waals surface area contributed by atoms with Crippen LogP contribution in [0.15, 0.2) is 42.6 Å². The van der Waals surface area contributed by atoms with Crippen LogP contribution in [-0.4, -0.2) is 23.0 Å². The second-order valence-electron chi connectivity index (χ2n) is 7.01. The Balaban J connectivity index is 1.94. The maximum atomic E-state index is 9.28. The zero-order valence-corrected chi connectivity index (χ0v) is 17.4. The average molecular weight is 402 g/mol. The van der Waals surface area contributed by atoms with Crippen molar-refractivity contribution in [3.05, 3.63) is 76.1 Å². The molecule has 0 fully saturated rings. The summed E-state index contributed by atoms with van der Waals surface area (Å²) >= 11 is 0. The Hall–Kier alpha value is -3.92. The molecule has 0 aliphatic rings. The van der Waals surface area contributed by atoms with Gasteiger partial charge in [-0.25, -0.2) is 0 Å². The van der Waals surface area contributed by atoms with Crippen LogP contribution in [-0.2, 0) is 0 Å². The molecule has 0 spiro atoms. The molecule has 2 aromatic carbocycles. The van der Waals surface area contributed by atoms with Crippen molar-refractivity contribution >= 4 is 11.4 Å². The van der Waals surface area contributed by atoms with Gasteiger partial charge < -0.3 is 15.2 Å². The lowest BCUT2D eigenvalue weighted by atomic mass is 9.98. The van der Waals surface area contributed by atoms with Gasteiger partial charge in [-0.1, -0.05) is 0 Å². The van der Waals surface area contributed by atoms with E-state index in [0.717, 1.165) is 16.8 Å². The number of rotatable bonds is 6. The summed E-state index contributed by atoms with van der Waals surface area (Å²) in [4.78, 5) is 0. The molecule has 0 unspecified atom stereocenters. The fourth-order valence-electron chi connectivity index (χ4n) is 3.42. The molecule has 0 saturated heterocycles. The summed E-state index contributed by atoms with van der Waals surface area (Å²) in [6.45, 7) is 5.85. The Kier molecular flexibility index (Phi) is 5.98. The molecule has 0 aliphatic carbocycles. The number of methoxy groups -OCH3 is 1. The van der Waals surface area contributed by atoms with E-state index in [4.69, 9.17) is 20.6 Å². The van der Waals surface area contributed by atoms with Gasteiger partial charge in [-0.3, -0.25) is 5.41 Å². The third-order valence-electron chi connectivity index (χ3n) is 4.89. The van der Waals surface area contributed by atoms with Gasteiger partial charge in [-0.2, -0.15) is 15.5 Å².